The fourth-order valence-electron chi connectivity index (χ4n) is 0.435. The first-order chi connectivity index (χ1) is 4.22. The van der Waals surface area contributed by atoms with Gasteiger partial charge in [-0.1, -0.05) is 0 Å². The maximum absolute atomic E-state index is 10.8. The predicted octanol–water partition coefficient (Wildman–Crippen LogP) is 1.74. The van der Waals surface area contributed by atoms with Crippen molar-refractivity contribution in [2.24, 2.45) is 0 Å². The van der Waals surface area contributed by atoms with Crippen LogP contribution >= 0.6 is 38.5 Å². The van der Waals surface area contributed by atoms with Crippen LogP contribution in [-0.4, -0.2) is 4.98 Å². The third-order valence-electron chi connectivity index (χ3n) is 0.854. The van der Waals surface area contributed by atoms with Crippen LogP contribution in [0.25, 0.3) is 0 Å². The van der Waals surface area contributed by atoms with Crippen molar-refractivity contribution >= 4 is 38.5 Å². The van der Waals surface area contributed by atoms with E-state index in [0.29, 0.717) is 3.57 Å². The summed E-state index contributed by atoms with van der Waals surface area (Å²) in [5.41, 5.74) is 0.0428. The van der Waals surface area contributed by atoms with Crippen molar-refractivity contribution in [3.63, 3.8) is 0 Å². The summed E-state index contributed by atoms with van der Waals surface area (Å²) in [5, 5.41) is 0. The number of halogens is 2. The molecule has 0 saturated carbocycles. The van der Waals surface area contributed by atoms with E-state index in [4.69, 9.17) is 0 Å². The minimum atomic E-state index is 0.0428. The van der Waals surface area contributed by atoms with Gasteiger partial charge in [-0.2, -0.15) is 0 Å². The molecule has 48 valence electrons. The maximum Gasteiger partial charge on any atom is 0.196 e. The third-order valence-corrected chi connectivity index (χ3v) is 3.29. The zero-order valence-electron chi connectivity index (χ0n) is 4.32. The molecule has 0 saturated heterocycles. The summed E-state index contributed by atoms with van der Waals surface area (Å²) >= 11 is 5.16. The SMILES string of the molecule is O=c1cc[nH]c(Br)c1I. The van der Waals surface area contributed by atoms with Crippen LogP contribution < -0.4 is 5.43 Å². The van der Waals surface area contributed by atoms with E-state index in [1.54, 1.807) is 6.20 Å². The standard InChI is InChI=1S/C5H3BrINO/c6-5-4(7)3(9)1-2-8-5/h1-2H,(H,8,9). The molecule has 0 aliphatic heterocycles. The fraction of sp³-hybridized carbons (Fsp3) is 0. The van der Waals surface area contributed by atoms with Gasteiger partial charge in [0.05, 0.1) is 8.17 Å². The molecular formula is C5H3BrINO. The maximum atomic E-state index is 10.8. The Morgan fingerprint density at radius 2 is 2.33 bits per heavy atom. The Bertz CT molecular complexity index is 270. The molecule has 0 unspecified atom stereocenters. The number of hydrogen-bond acceptors (Lipinski definition) is 1. The molecule has 0 fully saturated rings. The second kappa shape index (κ2) is 2.83. The van der Waals surface area contributed by atoms with E-state index < -0.39 is 0 Å². The second-order valence-corrected chi connectivity index (χ2v) is 3.34. The Balaban J connectivity index is 3.43. The minimum absolute atomic E-state index is 0.0428. The number of aromatic amines is 1. The Hall–Kier alpha value is 0.160. The van der Waals surface area contributed by atoms with Gasteiger partial charge in [-0.3, -0.25) is 4.79 Å². The van der Waals surface area contributed by atoms with Gasteiger partial charge >= 0.3 is 0 Å². The van der Waals surface area contributed by atoms with Crippen molar-refractivity contribution in [3.8, 4) is 0 Å². The van der Waals surface area contributed by atoms with Crippen molar-refractivity contribution in [1.29, 1.82) is 0 Å². The van der Waals surface area contributed by atoms with Crippen LogP contribution in [0.3, 0.4) is 0 Å². The normalized spacial score (nSPS) is 9.56. The molecule has 0 amide bonds. The molecule has 1 aromatic heterocycles. The molecule has 0 spiro atoms. The van der Waals surface area contributed by atoms with E-state index in [1.165, 1.54) is 6.07 Å². The molecule has 9 heavy (non-hydrogen) atoms. The van der Waals surface area contributed by atoms with Crippen molar-refractivity contribution in [2.45, 2.75) is 0 Å². The van der Waals surface area contributed by atoms with E-state index in [9.17, 15) is 4.79 Å². The van der Waals surface area contributed by atoms with Gasteiger partial charge in [-0.05, 0) is 38.5 Å². The second-order valence-electron chi connectivity index (χ2n) is 1.47. The molecule has 0 aromatic carbocycles. The minimum Gasteiger partial charge on any atom is -0.355 e. The highest BCUT2D eigenvalue weighted by molar-refractivity contribution is 14.1. The Labute approximate surface area is 73.9 Å². The monoisotopic (exact) mass is 299 g/mol. The average Bonchev–Trinajstić information content (AvgIpc) is 1.83. The van der Waals surface area contributed by atoms with Crippen molar-refractivity contribution < 1.29 is 0 Å². The van der Waals surface area contributed by atoms with Crippen LogP contribution in [-0.2, 0) is 0 Å². The summed E-state index contributed by atoms with van der Waals surface area (Å²) in [6.07, 6.45) is 1.61. The van der Waals surface area contributed by atoms with Gasteiger partial charge in [0.2, 0.25) is 0 Å². The lowest BCUT2D eigenvalue weighted by atomic mass is 10.5. The van der Waals surface area contributed by atoms with Crippen LogP contribution in [0, 0.1) is 3.57 Å². The summed E-state index contributed by atoms with van der Waals surface area (Å²) in [5.74, 6) is 0. The van der Waals surface area contributed by atoms with Gasteiger partial charge in [0, 0.05) is 12.3 Å². The first-order valence-electron chi connectivity index (χ1n) is 2.24. The number of pyridine rings is 1. The van der Waals surface area contributed by atoms with E-state index >= 15 is 0 Å². The largest absolute Gasteiger partial charge is 0.355 e. The van der Waals surface area contributed by atoms with E-state index in [2.05, 4.69) is 20.9 Å². The van der Waals surface area contributed by atoms with Crippen molar-refractivity contribution in [2.75, 3.05) is 0 Å². The molecule has 2 nitrogen and oxygen atoms in total. The highest BCUT2D eigenvalue weighted by Crippen LogP contribution is 2.09. The Morgan fingerprint density at radius 1 is 1.67 bits per heavy atom. The molecule has 0 radical (unpaired) electrons. The number of H-pyrrole nitrogens is 1. The zero-order chi connectivity index (χ0) is 6.85. The molecule has 0 aliphatic rings. The smallest absolute Gasteiger partial charge is 0.196 e. The van der Waals surface area contributed by atoms with Gasteiger partial charge in [0.25, 0.3) is 0 Å². The van der Waals surface area contributed by atoms with E-state index in [-0.39, 0.29) is 5.43 Å². The van der Waals surface area contributed by atoms with Crippen LogP contribution in [0.15, 0.2) is 21.7 Å². The quantitative estimate of drug-likeness (QED) is 0.574. The van der Waals surface area contributed by atoms with Crippen LogP contribution in [0.2, 0.25) is 0 Å². The number of rotatable bonds is 0. The van der Waals surface area contributed by atoms with Crippen LogP contribution in [0.4, 0.5) is 0 Å². The van der Waals surface area contributed by atoms with Crippen molar-refractivity contribution in [3.05, 3.63) is 30.7 Å². The van der Waals surface area contributed by atoms with Gasteiger partial charge < -0.3 is 4.98 Å². The highest BCUT2D eigenvalue weighted by atomic mass is 127. The van der Waals surface area contributed by atoms with E-state index in [0.717, 1.165) is 4.60 Å². The molecule has 4 heteroatoms. The number of nitrogens with one attached hydrogen (secondary N) is 1. The molecule has 1 rings (SSSR count). The third kappa shape index (κ3) is 1.54. The summed E-state index contributed by atoms with van der Waals surface area (Å²) < 4.78 is 1.44. The lowest BCUT2D eigenvalue weighted by molar-refractivity contribution is 1.23. The Kier molecular flexibility index (Phi) is 2.29. The molecule has 0 atom stereocenters. The lowest BCUT2D eigenvalue weighted by Gasteiger charge is -1.90. The predicted molar refractivity (Wildman–Crippen MR) is 47.5 cm³/mol. The summed E-state index contributed by atoms with van der Waals surface area (Å²) in [4.78, 5) is 13.6. The van der Waals surface area contributed by atoms with Gasteiger partial charge in [-0.25, -0.2) is 0 Å². The zero-order valence-corrected chi connectivity index (χ0v) is 8.06. The van der Waals surface area contributed by atoms with Crippen LogP contribution in [0.5, 0.6) is 0 Å². The number of hydrogen-bond donors (Lipinski definition) is 1. The van der Waals surface area contributed by atoms with Crippen molar-refractivity contribution in [1.82, 2.24) is 4.98 Å². The molecule has 1 aromatic rings. The molecule has 1 heterocycles. The van der Waals surface area contributed by atoms with Gasteiger partial charge in [-0.15, -0.1) is 0 Å². The molecule has 0 aliphatic carbocycles. The highest BCUT2D eigenvalue weighted by Gasteiger charge is 1.96. The van der Waals surface area contributed by atoms with Gasteiger partial charge in [0.1, 0.15) is 0 Å². The average molecular weight is 300 g/mol. The van der Waals surface area contributed by atoms with E-state index in [1.807, 2.05) is 22.6 Å². The molecule has 1 N–H and O–H groups in total. The summed E-state index contributed by atoms with van der Waals surface area (Å²) in [6, 6.07) is 1.49. The fourth-order valence-corrected chi connectivity index (χ4v) is 1.10. The first-order valence-corrected chi connectivity index (χ1v) is 4.11. The first kappa shape index (κ1) is 7.27. The summed E-state index contributed by atoms with van der Waals surface area (Å²) in [6.45, 7) is 0. The Morgan fingerprint density at radius 3 is 2.78 bits per heavy atom. The topological polar surface area (TPSA) is 32.9 Å². The lowest BCUT2D eigenvalue weighted by Crippen LogP contribution is -2.03. The number of aromatic nitrogens is 1. The van der Waals surface area contributed by atoms with Crippen LogP contribution in [0.1, 0.15) is 0 Å². The summed E-state index contributed by atoms with van der Waals surface area (Å²) in [7, 11) is 0. The van der Waals surface area contributed by atoms with Gasteiger partial charge in [0.15, 0.2) is 5.43 Å². The molecule has 0 bridgehead atoms. The molecular weight excluding hydrogens is 297 g/mol.